The molecule has 0 spiro atoms. The topological polar surface area (TPSA) is 160 Å². The van der Waals surface area contributed by atoms with Crippen LogP contribution in [0.2, 0.25) is 0 Å². The molecule has 324 valence electrons. The van der Waals surface area contributed by atoms with Crippen molar-refractivity contribution in [2.45, 2.75) is 18.8 Å². The summed E-state index contributed by atoms with van der Waals surface area (Å²) >= 11 is 3.46. The van der Waals surface area contributed by atoms with Gasteiger partial charge in [-0.15, -0.1) is 0 Å². The van der Waals surface area contributed by atoms with E-state index in [1.165, 1.54) is 16.9 Å². The lowest BCUT2D eigenvalue weighted by Crippen LogP contribution is -2.43. The van der Waals surface area contributed by atoms with Gasteiger partial charge in [0.05, 0.1) is 69.4 Å². The number of phenolic OH excluding ortho intramolecular Hbond substituents is 1. The maximum absolute atomic E-state index is 14.8. The summed E-state index contributed by atoms with van der Waals surface area (Å²) in [7, 11) is 9.29. The van der Waals surface area contributed by atoms with Gasteiger partial charge in [-0.25, -0.2) is 0 Å². The summed E-state index contributed by atoms with van der Waals surface area (Å²) in [5.74, 6) is -5.57. The van der Waals surface area contributed by atoms with Gasteiger partial charge >= 0.3 is 0 Å². The molecular weight excluding hydrogens is 876 g/mol. The monoisotopic (exact) mass is 920 g/mol. The minimum Gasteiger partial charge on any atom is -0.503 e. The molecule has 4 aliphatic rings. The molecule has 1 N–H and O–H groups in total. The van der Waals surface area contributed by atoms with Gasteiger partial charge in [0.1, 0.15) is 0 Å². The van der Waals surface area contributed by atoms with Crippen LogP contribution in [0, 0.1) is 29.6 Å². The number of azo groups is 2. The zero-order valence-electron chi connectivity index (χ0n) is 35.8. The van der Waals surface area contributed by atoms with E-state index in [-0.39, 0.29) is 48.0 Å². The Kier molecular flexibility index (Phi) is 11.2. The largest absolute Gasteiger partial charge is 0.503 e. The average molecular weight is 922 g/mol. The van der Waals surface area contributed by atoms with Crippen LogP contribution >= 0.6 is 15.9 Å². The highest BCUT2D eigenvalue weighted by atomic mass is 79.9. The van der Waals surface area contributed by atoms with Crippen molar-refractivity contribution in [3.05, 3.63) is 131 Å². The van der Waals surface area contributed by atoms with E-state index in [4.69, 9.17) is 4.74 Å². The number of carbonyl (C=O) groups is 4. The molecule has 0 unspecified atom stereocenters. The average Bonchev–Trinajstić information content (AvgIpc) is 3.71. The highest BCUT2D eigenvalue weighted by molar-refractivity contribution is 9.10. The minimum atomic E-state index is -0.826. The van der Waals surface area contributed by atoms with E-state index >= 15 is 0 Å². The third kappa shape index (κ3) is 7.52. The highest BCUT2D eigenvalue weighted by Crippen LogP contribution is 2.59. The molecule has 0 aromatic heterocycles. The van der Waals surface area contributed by atoms with Crippen LogP contribution in [0.4, 0.5) is 45.5 Å². The zero-order valence-corrected chi connectivity index (χ0v) is 37.4. The Balaban J connectivity index is 1.00. The molecule has 4 amide bonds. The van der Waals surface area contributed by atoms with E-state index in [1.54, 1.807) is 60.7 Å². The standard InChI is InChI=1S/C49H45BrN8O6/c1-55(2)32-14-6-28(7-15-32)51-53-30-10-18-34(19-11-30)57-46(60)37-23-22-36-38(43(37)48(57)62)26-39-44(42(36)27-24-40(50)45(59)41(25-27)64-5)49(63)58(47(39)61)35-20-12-31(13-21-35)54-52-29-8-16-33(17-9-29)56(3)4/h6-22,24-25,37-39,42-44,59H,23,26H2,1-5H3/t37-,38+,39+,42-,43-,44+/m0/s1. The molecule has 5 aromatic carbocycles. The lowest BCUT2D eigenvalue weighted by molar-refractivity contribution is -0.126. The van der Waals surface area contributed by atoms with Gasteiger partial charge in [0.25, 0.3) is 0 Å². The Labute approximate surface area is 378 Å². The van der Waals surface area contributed by atoms with Crippen molar-refractivity contribution in [2.75, 3.05) is 54.9 Å². The number of phenols is 1. The summed E-state index contributed by atoms with van der Waals surface area (Å²) in [5.41, 5.74) is 6.78. The first-order chi connectivity index (χ1) is 30.8. The molecule has 2 saturated heterocycles. The Morgan fingerprint density at radius 1 is 0.594 bits per heavy atom. The van der Waals surface area contributed by atoms with Crippen LogP contribution in [-0.4, -0.2) is 64.0 Å². The van der Waals surface area contributed by atoms with Crippen molar-refractivity contribution in [1.82, 2.24) is 0 Å². The number of benzene rings is 5. The number of aromatic hydroxyl groups is 1. The number of rotatable bonds is 10. The number of nitrogens with zero attached hydrogens (tertiary/aromatic N) is 8. The third-order valence-electron chi connectivity index (χ3n) is 12.8. The first kappa shape index (κ1) is 42.3. The van der Waals surface area contributed by atoms with E-state index < -0.39 is 35.5 Å². The smallest absolute Gasteiger partial charge is 0.238 e. The SMILES string of the molecule is COc1cc([C@H]2C3=CC[C@@H]4C(=O)N(c5ccc(N=Nc6ccc(N(C)C)cc6)cc5)C(=O)[C@@H]4[C@@H]3C[C@H]3C(=O)N(c4ccc(N=Nc5ccc(N(C)C)cc5)cc4)C(=O)[C@@H]23)cc(Br)c1O. The van der Waals surface area contributed by atoms with Crippen LogP contribution in [0.5, 0.6) is 11.5 Å². The molecule has 5 aromatic rings. The van der Waals surface area contributed by atoms with Crippen LogP contribution in [0.25, 0.3) is 0 Å². The molecule has 15 heteroatoms. The molecule has 0 radical (unpaired) electrons. The van der Waals surface area contributed by atoms with Crippen LogP contribution < -0.4 is 24.3 Å². The minimum absolute atomic E-state index is 0.107. The van der Waals surface area contributed by atoms with Gasteiger partial charge in [0.15, 0.2) is 11.5 Å². The number of anilines is 4. The summed E-state index contributed by atoms with van der Waals surface area (Å²) in [5, 5.41) is 28.2. The number of halogens is 1. The quantitative estimate of drug-likeness (QED) is 0.0823. The summed E-state index contributed by atoms with van der Waals surface area (Å²) in [4.78, 5) is 64.7. The number of hydrogen-bond donors (Lipinski definition) is 1. The lowest BCUT2D eigenvalue weighted by Gasteiger charge is -2.44. The van der Waals surface area contributed by atoms with E-state index in [2.05, 4.69) is 36.4 Å². The van der Waals surface area contributed by atoms with Crippen LogP contribution in [-0.2, 0) is 19.2 Å². The first-order valence-electron chi connectivity index (χ1n) is 20.9. The van der Waals surface area contributed by atoms with E-state index in [0.29, 0.717) is 44.2 Å². The van der Waals surface area contributed by atoms with Crippen LogP contribution in [0.15, 0.2) is 146 Å². The molecule has 1 saturated carbocycles. The van der Waals surface area contributed by atoms with Gasteiger partial charge < -0.3 is 19.6 Å². The van der Waals surface area contributed by atoms with Crippen molar-refractivity contribution in [3.63, 3.8) is 0 Å². The fourth-order valence-electron chi connectivity index (χ4n) is 9.60. The molecule has 3 fully saturated rings. The molecule has 2 heterocycles. The van der Waals surface area contributed by atoms with E-state index in [9.17, 15) is 24.3 Å². The second-order valence-corrected chi connectivity index (χ2v) is 17.7. The second-order valence-electron chi connectivity index (χ2n) is 16.9. The van der Waals surface area contributed by atoms with Gasteiger partial charge in [-0.3, -0.25) is 29.0 Å². The second kappa shape index (κ2) is 16.9. The summed E-state index contributed by atoms with van der Waals surface area (Å²) < 4.78 is 5.89. The van der Waals surface area contributed by atoms with Crippen molar-refractivity contribution in [3.8, 4) is 11.5 Å². The molecule has 64 heavy (non-hydrogen) atoms. The first-order valence-corrected chi connectivity index (χ1v) is 21.7. The van der Waals surface area contributed by atoms with Gasteiger partial charge in [-0.2, -0.15) is 20.5 Å². The van der Waals surface area contributed by atoms with Gasteiger partial charge in [0, 0.05) is 45.5 Å². The van der Waals surface area contributed by atoms with Gasteiger partial charge in [-0.05, 0) is 149 Å². The van der Waals surface area contributed by atoms with Crippen molar-refractivity contribution in [1.29, 1.82) is 0 Å². The van der Waals surface area contributed by atoms with E-state index in [0.717, 1.165) is 16.9 Å². The Hall–Kier alpha value is -7.00. The Bertz CT molecular complexity index is 2750. The molecule has 6 atom stereocenters. The Morgan fingerprint density at radius 3 is 1.48 bits per heavy atom. The van der Waals surface area contributed by atoms with Crippen molar-refractivity contribution in [2.24, 2.45) is 50.0 Å². The van der Waals surface area contributed by atoms with E-state index in [1.807, 2.05) is 92.6 Å². The lowest BCUT2D eigenvalue weighted by atomic mass is 9.57. The number of hydrogen-bond acceptors (Lipinski definition) is 12. The molecule has 0 bridgehead atoms. The number of methoxy groups -OCH3 is 1. The maximum Gasteiger partial charge on any atom is 0.238 e. The normalized spacial score (nSPS) is 22.8. The number of carbonyl (C=O) groups excluding carboxylic acids is 4. The molecule has 2 aliphatic heterocycles. The number of ether oxygens (including phenoxy) is 1. The number of allylic oxidation sites excluding steroid dienone is 2. The molecule has 14 nitrogen and oxygen atoms in total. The van der Waals surface area contributed by atoms with Gasteiger partial charge in [-0.1, -0.05) is 11.6 Å². The summed E-state index contributed by atoms with van der Waals surface area (Å²) in [6.07, 6.45) is 2.46. The van der Waals surface area contributed by atoms with Crippen molar-refractivity contribution < 1.29 is 29.0 Å². The third-order valence-corrected chi connectivity index (χ3v) is 13.4. The number of fused-ring (bicyclic) bond motifs is 4. The predicted molar refractivity (Wildman–Crippen MR) is 248 cm³/mol. The summed E-state index contributed by atoms with van der Waals surface area (Å²) in [6.45, 7) is 0. The predicted octanol–water partition coefficient (Wildman–Crippen LogP) is 10.2. The van der Waals surface area contributed by atoms with Crippen LogP contribution in [0.3, 0.4) is 0 Å². The number of imide groups is 2. The fourth-order valence-corrected chi connectivity index (χ4v) is 10.1. The maximum atomic E-state index is 14.8. The molecule has 9 rings (SSSR count). The number of amides is 4. The zero-order chi connectivity index (χ0) is 45.0. The molecule has 2 aliphatic carbocycles. The van der Waals surface area contributed by atoms with Crippen molar-refractivity contribution >= 4 is 85.1 Å². The summed E-state index contributed by atoms with van der Waals surface area (Å²) in [6, 6.07) is 32.3. The Morgan fingerprint density at radius 2 is 1.03 bits per heavy atom. The molecular formula is C49H45BrN8O6. The van der Waals surface area contributed by atoms with Gasteiger partial charge in [0.2, 0.25) is 23.6 Å². The van der Waals surface area contributed by atoms with Crippen LogP contribution in [0.1, 0.15) is 24.3 Å². The fraction of sp³-hybridized carbons (Fsp3) is 0.265. The highest BCUT2D eigenvalue weighted by Gasteiger charge is 2.62.